The molecule has 6 aliphatic rings. The number of nitrogens with one attached hydrogen (secondary N) is 1. The molecule has 4 saturated heterocycles. The van der Waals surface area contributed by atoms with Crippen LogP contribution in [-0.4, -0.2) is 105 Å². The molecule has 1 spiro atoms. The number of likely N-dealkylation sites (tertiary alicyclic amines) is 2. The molecule has 4 fully saturated rings. The van der Waals surface area contributed by atoms with E-state index in [1.165, 1.54) is 43.0 Å². The number of halogens is 4. The minimum Gasteiger partial charge on any atom is -0.487 e. The molecule has 1 unspecified atom stereocenters. The fourth-order valence-corrected chi connectivity index (χ4v) is 10.9. The summed E-state index contributed by atoms with van der Waals surface area (Å²) in [6.07, 6.45) is -0.516. The summed E-state index contributed by atoms with van der Waals surface area (Å²) < 4.78 is 64.0. The van der Waals surface area contributed by atoms with Gasteiger partial charge in [0.2, 0.25) is 11.8 Å². The molecule has 6 aliphatic heterocycles. The number of alkyl halides is 3. The van der Waals surface area contributed by atoms with Gasteiger partial charge in [-0.15, -0.1) is 0 Å². The number of nitriles is 1. The number of imide groups is 2. The monoisotopic (exact) mass is 927 g/mol. The van der Waals surface area contributed by atoms with Gasteiger partial charge in [-0.2, -0.15) is 18.4 Å². The number of rotatable bonds is 6. The van der Waals surface area contributed by atoms with E-state index in [-0.39, 0.29) is 51.4 Å². The van der Waals surface area contributed by atoms with Crippen LogP contribution < -0.4 is 19.9 Å². The van der Waals surface area contributed by atoms with E-state index >= 15 is 4.39 Å². The first-order chi connectivity index (χ1) is 31.1. The number of anilines is 2. The molecule has 66 heavy (non-hydrogen) atoms. The molecular formula is C47H45F4N7O7S. The normalized spacial score (nSPS) is 22.6. The van der Waals surface area contributed by atoms with Crippen molar-refractivity contribution in [2.75, 3.05) is 42.5 Å². The quantitative estimate of drug-likeness (QED) is 0.172. The molecule has 3 aromatic carbocycles. The molecule has 14 nitrogen and oxygen atoms in total. The van der Waals surface area contributed by atoms with Gasteiger partial charge in [0.25, 0.3) is 23.6 Å². The number of carbonyl (C=O) groups excluding carboxylic acids is 6. The Morgan fingerprint density at radius 2 is 1.55 bits per heavy atom. The van der Waals surface area contributed by atoms with Gasteiger partial charge in [0, 0.05) is 44.8 Å². The van der Waals surface area contributed by atoms with Gasteiger partial charge in [-0.05, 0) is 131 Å². The van der Waals surface area contributed by atoms with Gasteiger partial charge in [0.05, 0.1) is 39.6 Å². The van der Waals surface area contributed by atoms with Gasteiger partial charge < -0.3 is 19.4 Å². The lowest BCUT2D eigenvalue weighted by Gasteiger charge is -2.48. The molecule has 3 aromatic rings. The maximum Gasteiger partial charge on any atom is 0.417 e. The summed E-state index contributed by atoms with van der Waals surface area (Å²) in [6, 6.07) is 10.5. The van der Waals surface area contributed by atoms with E-state index < -0.39 is 75.7 Å². The molecule has 1 N–H and O–H groups in total. The highest BCUT2D eigenvalue weighted by molar-refractivity contribution is 7.81. The third-order valence-electron chi connectivity index (χ3n) is 14.2. The van der Waals surface area contributed by atoms with Crippen molar-refractivity contribution in [3.63, 3.8) is 0 Å². The van der Waals surface area contributed by atoms with Crippen molar-refractivity contribution in [2.45, 2.75) is 95.5 Å². The fraction of sp³-hybridized carbons (Fsp3) is 0.447. The number of benzene rings is 3. The zero-order valence-electron chi connectivity index (χ0n) is 36.3. The highest BCUT2D eigenvalue weighted by atomic mass is 32.1. The molecular weight excluding hydrogens is 883 g/mol. The number of piperidine rings is 3. The number of hydrogen-bond acceptors (Lipinski definition) is 10. The van der Waals surface area contributed by atoms with Crippen LogP contribution in [0.2, 0.25) is 0 Å². The van der Waals surface area contributed by atoms with Crippen LogP contribution in [-0.2, 0) is 27.0 Å². The van der Waals surface area contributed by atoms with Crippen molar-refractivity contribution < 1.29 is 51.1 Å². The van der Waals surface area contributed by atoms with Gasteiger partial charge in [-0.1, -0.05) is 6.92 Å². The number of hydrogen-bond donors (Lipinski definition) is 1. The molecule has 6 heterocycles. The second-order valence-electron chi connectivity index (χ2n) is 18.9. The van der Waals surface area contributed by atoms with Gasteiger partial charge in [-0.3, -0.25) is 43.9 Å². The van der Waals surface area contributed by atoms with Gasteiger partial charge >= 0.3 is 6.18 Å². The average Bonchev–Trinajstić information content (AvgIpc) is 3.61. The van der Waals surface area contributed by atoms with Crippen LogP contribution in [0.1, 0.15) is 113 Å². The van der Waals surface area contributed by atoms with Crippen LogP contribution in [0.4, 0.5) is 28.9 Å². The summed E-state index contributed by atoms with van der Waals surface area (Å²) in [5.74, 6) is -3.66. The lowest BCUT2D eigenvalue weighted by atomic mass is 9.78. The Morgan fingerprint density at radius 1 is 0.879 bits per heavy atom. The molecule has 19 heteroatoms. The van der Waals surface area contributed by atoms with E-state index in [1.807, 2.05) is 0 Å². The zero-order valence-corrected chi connectivity index (χ0v) is 37.2. The second kappa shape index (κ2) is 16.0. The molecule has 0 aliphatic carbocycles. The van der Waals surface area contributed by atoms with Crippen LogP contribution in [0, 0.1) is 22.6 Å². The Labute approximate surface area is 382 Å². The summed E-state index contributed by atoms with van der Waals surface area (Å²) in [7, 11) is 0. The highest BCUT2D eigenvalue weighted by Crippen LogP contribution is 2.44. The fourth-order valence-electron chi connectivity index (χ4n) is 10.3. The number of amides is 6. The topological polar surface area (TPSA) is 164 Å². The molecule has 9 rings (SSSR count). The van der Waals surface area contributed by atoms with Crippen molar-refractivity contribution in [3.8, 4) is 11.8 Å². The Hall–Kier alpha value is -6.26. The minimum absolute atomic E-state index is 0.0378. The zero-order chi connectivity index (χ0) is 47.2. The van der Waals surface area contributed by atoms with Gasteiger partial charge in [-0.25, -0.2) is 4.39 Å². The predicted octanol–water partition coefficient (Wildman–Crippen LogP) is 6.14. The van der Waals surface area contributed by atoms with E-state index in [4.69, 9.17) is 17.0 Å². The standard InChI is InChI=1S/C47H45F4N7O7S/c1-44(2)42(64)56(28-5-4-27(24-52)33(21-28)47(49,50)51)43(66)58(44)29-6-7-30(34(48)22-29)39(61)55-18-12-45(3,13-19-55)25-54-16-14-46(15-17-54)11-10-26-20-31-32(23-36(26)65-46)41(63)57(40(31)62)35-8-9-37(59)53-38(35)60/h4-7,20-23,35H,8-19,25H2,1-3H3,(H,53,59,60). The molecule has 0 radical (unpaired) electrons. The molecule has 6 amide bonds. The van der Waals surface area contributed by atoms with Gasteiger partial charge in [0.15, 0.2) is 5.11 Å². The van der Waals surface area contributed by atoms with Crippen molar-refractivity contribution >= 4 is 64.1 Å². The van der Waals surface area contributed by atoms with E-state index in [9.17, 15) is 47.2 Å². The number of ether oxygens (including phenoxy) is 1. The van der Waals surface area contributed by atoms with Crippen LogP contribution >= 0.6 is 12.2 Å². The molecule has 0 bridgehead atoms. The maximum atomic E-state index is 15.9. The highest BCUT2D eigenvalue weighted by Gasteiger charge is 2.52. The number of thiocarbonyl (C=S) groups is 1. The number of carbonyl (C=O) groups is 6. The molecule has 344 valence electrons. The predicted molar refractivity (Wildman–Crippen MR) is 233 cm³/mol. The minimum atomic E-state index is -4.87. The lowest BCUT2D eigenvalue weighted by Crippen LogP contribution is -2.54. The third-order valence-corrected chi connectivity index (χ3v) is 14.6. The summed E-state index contributed by atoms with van der Waals surface area (Å²) in [5.41, 5.74) is -2.84. The molecule has 0 aromatic heterocycles. The van der Waals surface area contributed by atoms with Crippen LogP contribution in [0.25, 0.3) is 0 Å². The van der Waals surface area contributed by atoms with Crippen molar-refractivity contribution in [2.24, 2.45) is 5.41 Å². The average molecular weight is 928 g/mol. The van der Waals surface area contributed by atoms with E-state index in [1.54, 1.807) is 17.0 Å². The first kappa shape index (κ1) is 44.9. The first-order valence-electron chi connectivity index (χ1n) is 21.8. The Balaban J connectivity index is 0.803. The first-order valence-corrected chi connectivity index (χ1v) is 22.2. The van der Waals surface area contributed by atoms with E-state index in [2.05, 4.69) is 17.1 Å². The second-order valence-corrected chi connectivity index (χ2v) is 19.3. The number of nitrogens with zero attached hydrogens (tertiary/aromatic N) is 6. The van der Waals surface area contributed by atoms with Crippen LogP contribution in [0.5, 0.6) is 5.75 Å². The van der Waals surface area contributed by atoms with Crippen LogP contribution in [0.15, 0.2) is 48.5 Å². The Bertz CT molecular complexity index is 2700. The smallest absolute Gasteiger partial charge is 0.417 e. The number of aryl methyl sites for hydroxylation is 1. The molecule has 0 saturated carbocycles. The van der Waals surface area contributed by atoms with Crippen molar-refractivity contribution in [3.05, 3.63) is 87.7 Å². The van der Waals surface area contributed by atoms with E-state index in [0.29, 0.717) is 44.2 Å². The SMILES string of the molecule is CC1(CN2CCC3(CCc4cc5c(cc4O3)C(=O)N(C3CCC(=O)NC3=O)C5=O)CC2)CCN(C(=O)c2ccc(N3C(=S)N(c4ccc(C#N)c(C(F)(F)F)c4)C(=O)C3(C)C)cc2F)CC1. The summed E-state index contributed by atoms with van der Waals surface area (Å²) in [6.45, 7) is 8.31. The van der Waals surface area contributed by atoms with Crippen LogP contribution in [0.3, 0.4) is 0 Å². The van der Waals surface area contributed by atoms with Gasteiger partial charge in [0.1, 0.15) is 28.7 Å². The van der Waals surface area contributed by atoms with Crippen molar-refractivity contribution in [1.29, 1.82) is 5.26 Å². The summed E-state index contributed by atoms with van der Waals surface area (Å²) >= 11 is 5.59. The van der Waals surface area contributed by atoms with Crippen molar-refractivity contribution in [1.82, 2.24) is 20.0 Å². The summed E-state index contributed by atoms with van der Waals surface area (Å²) in [4.78, 5) is 85.7. The Morgan fingerprint density at radius 3 is 2.18 bits per heavy atom. The molecule has 1 atom stereocenters. The number of fused-ring (bicyclic) bond motifs is 2. The maximum absolute atomic E-state index is 15.9. The third kappa shape index (κ3) is 7.57. The Kier molecular flexibility index (Phi) is 10.9. The lowest BCUT2D eigenvalue weighted by molar-refractivity contribution is -0.138. The largest absolute Gasteiger partial charge is 0.487 e. The van der Waals surface area contributed by atoms with E-state index in [0.717, 1.165) is 66.4 Å². The summed E-state index contributed by atoms with van der Waals surface area (Å²) in [5, 5.41) is 11.3.